The van der Waals surface area contributed by atoms with Crippen molar-refractivity contribution in [1.29, 1.82) is 0 Å². The molecule has 0 spiro atoms. The van der Waals surface area contributed by atoms with Gasteiger partial charge >= 0.3 is 29.8 Å². The highest BCUT2D eigenvalue weighted by molar-refractivity contribution is 5.90. The number of carbonyl (C=O) groups excluding carboxylic acids is 4. The van der Waals surface area contributed by atoms with Crippen molar-refractivity contribution in [2.75, 3.05) is 6.61 Å². The summed E-state index contributed by atoms with van der Waals surface area (Å²) in [5.41, 5.74) is 0. The Morgan fingerprint density at radius 3 is 1.77 bits per heavy atom. The SMILES string of the molecule is CCC(=O)O[C@H]1[C@@H](OC(=O)CC)[C@@H](COC(=O)/C=C/C(=O)O)O[C@@H](C)[C@H]1OC(=O)CC. The number of ether oxygens (including phenoxy) is 5. The number of carbonyl (C=O) groups is 5. The second kappa shape index (κ2) is 12.7. The van der Waals surface area contributed by atoms with Gasteiger partial charge in [0.15, 0.2) is 18.3 Å². The van der Waals surface area contributed by atoms with Crippen LogP contribution in [-0.4, -0.2) is 72.1 Å². The molecule has 11 nitrogen and oxygen atoms in total. The number of aliphatic carboxylic acids is 1. The number of hydrogen-bond donors (Lipinski definition) is 1. The monoisotopic (exact) mass is 444 g/mol. The molecular weight excluding hydrogens is 416 g/mol. The van der Waals surface area contributed by atoms with Gasteiger partial charge in [-0.3, -0.25) is 14.4 Å². The highest BCUT2D eigenvalue weighted by Gasteiger charge is 2.51. The minimum atomic E-state index is -1.33. The second-order valence-corrected chi connectivity index (χ2v) is 6.61. The van der Waals surface area contributed by atoms with Gasteiger partial charge in [0.25, 0.3) is 0 Å². The standard InChI is InChI=1S/C20H28O11/c1-5-14(23)29-18-11(4)28-12(10-27-17(26)9-8-13(21)22)19(30-15(24)6-2)20(18)31-16(25)7-3/h8-9,11-12,18-20H,5-7,10H2,1-4H3,(H,21,22)/b9-8+/t11-,12+,18+,19-,20+/m0/s1. The normalized spacial score (nSPS) is 25.5. The molecule has 0 radical (unpaired) electrons. The van der Waals surface area contributed by atoms with E-state index in [0.29, 0.717) is 12.2 Å². The minimum absolute atomic E-state index is 0.00771. The zero-order valence-electron chi connectivity index (χ0n) is 17.9. The Bertz CT molecular complexity index is 699. The van der Waals surface area contributed by atoms with Gasteiger partial charge in [0.2, 0.25) is 0 Å². The largest absolute Gasteiger partial charge is 0.478 e. The third kappa shape index (κ3) is 8.36. The highest BCUT2D eigenvalue weighted by atomic mass is 16.7. The van der Waals surface area contributed by atoms with Gasteiger partial charge in [-0.25, -0.2) is 9.59 Å². The van der Waals surface area contributed by atoms with Crippen LogP contribution in [0, 0.1) is 0 Å². The first-order chi connectivity index (χ1) is 14.6. The van der Waals surface area contributed by atoms with Gasteiger partial charge < -0.3 is 28.8 Å². The molecule has 1 saturated heterocycles. The maximum absolute atomic E-state index is 12.0. The number of esters is 4. The lowest BCUT2D eigenvalue weighted by Gasteiger charge is -2.43. The highest BCUT2D eigenvalue weighted by Crippen LogP contribution is 2.29. The summed E-state index contributed by atoms with van der Waals surface area (Å²) < 4.78 is 27.0. The van der Waals surface area contributed by atoms with Crippen molar-refractivity contribution in [3.63, 3.8) is 0 Å². The molecule has 0 unspecified atom stereocenters. The third-order valence-corrected chi connectivity index (χ3v) is 4.29. The van der Waals surface area contributed by atoms with Crippen LogP contribution in [0.25, 0.3) is 0 Å². The molecule has 0 aliphatic carbocycles. The van der Waals surface area contributed by atoms with Crippen molar-refractivity contribution < 1.29 is 52.8 Å². The van der Waals surface area contributed by atoms with Crippen molar-refractivity contribution in [2.24, 2.45) is 0 Å². The summed E-state index contributed by atoms with van der Waals surface area (Å²) in [6, 6.07) is 0. The quantitative estimate of drug-likeness (QED) is 0.291. The zero-order chi connectivity index (χ0) is 23.6. The lowest BCUT2D eigenvalue weighted by atomic mass is 9.95. The molecule has 5 atom stereocenters. The summed E-state index contributed by atoms with van der Waals surface area (Å²) in [4.78, 5) is 58.1. The Labute approximate surface area is 179 Å². The number of carboxylic acid groups (broad SMARTS) is 1. The van der Waals surface area contributed by atoms with E-state index in [4.69, 9.17) is 28.8 Å². The molecule has 0 saturated carbocycles. The molecule has 174 valence electrons. The minimum Gasteiger partial charge on any atom is -0.478 e. The van der Waals surface area contributed by atoms with Crippen LogP contribution in [0.4, 0.5) is 0 Å². The average Bonchev–Trinajstić information content (AvgIpc) is 2.74. The molecule has 0 aromatic rings. The van der Waals surface area contributed by atoms with Crippen LogP contribution in [-0.2, 0) is 47.7 Å². The Kier molecular flexibility index (Phi) is 10.7. The van der Waals surface area contributed by atoms with E-state index in [1.807, 2.05) is 0 Å². The summed E-state index contributed by atoms with van der Waals surface area (Å²) in [6.07, 6.45) is -3.92. The number of hydrogen-bond acceptors (Lipinski definition) is 10. The van der Waals surface area contributed by atoms with Crippen LogP contribution in [0.5, 0.6) is 0 Å². The lowest BCUT2D eigenvalue weighted by molar-refractivity contribution is -0.250. The third-order valence-electron chi connectivity index (χ3n) is 4.29. The first-order valence-electron chi connectivity index (χ1n) is 9.94. The van der Waals surface area contributed by atoms with Crippen LogP contribution < -0.4 is 0 Å². The molecule has 11 heteroatoms. The predicted molar refractivity (Wildman–Crippen MR) is 103 cm³/mol. The summed E-state index contributed by atoms with van der Waals surface area (Å²) in [7, 11) is 0. The van der Waals surface area contributed by atoms with E-state index in [0.717, 1.165) is 0 Å². The van der Waals surface area contributed by atoms with Crippen molar-refractivity contribution in [2.45, 2.75) is 77.5 Å². The van der Waals surface area contributed by atoms with Gasteiger partial charge in [-0.2, -0.15) is 0 Å². The van der Waals surface area contributed by atoms with Crippen LogP contribution >= 0.6 is 0 Å². The average molecular weight is 444 g/mol. The molecule has 1 heterocycles. The van der Waals surface area contributed by atoms with Crippen molar-refractivity contribution in [3.05, 3.63) is 12.2 Å². The van der Waals surface area contributed by atoms with E-state index in [2.05, 4.69) is 0 Å². The van der Waals surface area contributed by atoms with E-state index in [9.17, 15) is 24.0 Å². The van der Waals surface area contributed by atoms with E-state index < -0.39 is 67.0 Å². The molecule has 31 heavy (non-hydrogen) atoms. The maximum Gasteiger partial charge on any atom is 0.331 e. The van der Waals surface area contributed by atoms with Gasteiger partial charge in [-0.05, 0) is 6.92 Å². The Morgan fingerprint density at radius 1 is 0.806 bits per heavy atom. The topological polar surface area (TPSA) is 152 Å². The summed E-state index contributed by atoms with van der Waals surface area (Å²) in [5.74, 6) is -4.11. The number of carboxylic acids is 1. The fourth-order valence-electron chi connectivity index (χ4n) is 2.73. The number of rotatable bonds is 10. The molecule has 0 aromatic heterocycles. The van der Waals surface area contributed by atoms with E-state index in [1.165, 1.54) is 0 Å². The van der Waals surface area contributed by atoms with E-state index in [-0.39, 0.29) is 19.3 Å². The fourth-order valence-corrected chi connectivity index (χ4v) is 2.73. The van der Waals surface area contributed by atoms with Crippen molar-refractivity contribution >= 4 is 29.8 Å². The summed E-state index contributed by atoms with van der Waals surface area (Å²) >= 11 is 0. The molecule has 1 N–H and O–H groups in total. The van der Waals surface area contributed by atoms with Gasteiger partial charge in [-0.1, -0.05) is 20.8 Å². The summed E-state index contributed by atoms with van der Waals surface area (Å²) in [6.45, 7) is 5.85. The smallest absolute Gasteiger partial charge is 0.331 e. The second-order valence-electron chi connectivity index (χ2n) is 6.61. The Hall–Kier alpha value is -2.95. The van der Waals surface area contributed by atoms with Crippen molar-refractivity contribution in [1.82, 2.24) is 0 Å². The Balaban J connectivity index is 3.16. The predicted octanol–water partition coefficient (Wildman–Crippen LogP) is 0.923. The zero-order valence-corrected chi connectivity index (χ0v) is 17.9. The molecule has 0 aromatic carbocycles. The van der Waals surface area contributed by atoms with Gasteiger partial charge in [0.1, 0.15) is 12.7 Å². The van der Waals surface area contributed by atoms with Gasteiger partial charge in [0.05, 0.1) is 6.10 Å². The molecule has 0 amide bonds. The van der Waals surface area contributed by atoms with Crippen LogP contribution in [0.3, 0.4) is 0 Å². The van der Waals surface area contributed by atoms with E-state index in [1.54, 1.807) is 27.7 Å². The first kappa shape index (κ1) is 26.1. The maximum atomic E-state index is 12.0. The van der Waals surface area contributed by atoms with Gasteiger partial charge in [-0.15, -0.1) is 0 Å². The molecule has 1 fully saturated rings. The first-order valence-corrected chi connectivity index (χ1v) is 9.94. The Morgan fingerprint density at radius 2 is 1.29 bits per heavy atom. The molecule has 1 aliphatic rings. The van der Waals surface area contributed by atoms with Crippen LogP contribution in [0.15, 0.2) is 12.2 Å². The summed E-state index contributed by atoms with van der Waals surface area (Å²) in [5, 5.41) is 8.58. The molecular formula is C20H28O11. The van der Waals surface area contributed by atoms with Gasteiger partial charge in [0, 0.05) is 31.4 Å². The molecule has 1 aliphatic heterocycles. The molecule has 0 bridgehead atoms. The van der Waals surface area contributed by atoms with Crippen LogP contribution in [0.2, 0.25) is 0 Å². The van der Waals surface area contributed by atoms with Crippen molar-refractivity contribution in [3.8, 4) is 0 Å². The lowest BCUT2D eigenvalue weighted by Crippen LogP contribution is -2.61. The van der Waals surface area contributed by atoms with E-state index >= 15 is 0 Å². The fraction of sp³-hybridized carbons (Fsp3) is 0.650. The van der Waals surface area contributed by atoms with Crippen LogP contribution in [0.1, 0.15) is 47.0 Å². The molecule has 1 rings (SSSR count).